The third-order valence-electron chi connectivity index (χ3n) is 13.0. The first kappa shape index (κ1) is 38.2. The predicted molar refractivity (Wildman–Crippen MR) is 279 cm³/mol. The minimum atomic E-state index is 1.04. The van der Waals surface area contributed by atoms with E-state index in [9.17, 15) is 0 Å². The van der Waals surface area contributed by atoms with Gasteiger partial charge in [-0.2, -0.15) is 0 Å². The average Bonchev–Trinajstić information content (AvgIpc) is 3.38. The van der Waals surface area contributed by atoms with E-state index in [2.05, 4.69) is 260 Å². The molecule has 0 aliphatic heterocycles. The summed E-state index contributed by atoms with van der Waals surface area (Å²) in [7, 11) is 0. The van der Waals surface area contributed by atoms with E-state index in [-0.39, 0.29) is 0 Å². The number of benzene rings is 12. The molecule has 1 nitrogen and oxygen atoms in total. The first-order valence-corrected chi connectivity index (χ1v) is 22.4. The predicted octanol–water partition coefficient (Wildman–Crippen LogP) is 18.0. The zero-order valence-electron chi connectivity index (χ0n) is 35.7. The van der Waals surface area contributed by atoms with Gasteiger partial charge >= 0.3 is 0 Å². The summed E-state index contributed by atoms with van der Waals surface area (Å²) in [6.07, 6.45) is 0. The molecule has 0 atom stereocenters. The average molecular weight is 826 g/mol. The lowest BCUT2D eigenvalue weighted by molar-refractivity contribution is 1.54. The Balaban J connectivity index is 0.881. The molecule has 0 heterocycles. The quantitative estimate of drug-likeness (QED) is 0.151. The van der Waals surface area contributed by atoms with Crippen LogP contribution in [0.1, 0.15) is 0 Å². The number of nitrogens with one attached hydrogen (secondary N) is 1. The van der Waals surface area contributed by atoms with Gasteiger partial charge in [0.05, 0.1) is 0 Å². The maximum atomic E-state index is 3.67. The molecule has 0 aliphatic carbocycles. The lowest BCUT2D eigenvalue weighted by Gasteiger charge is -2.19. The maximum Gasteiger partial charge on any atom is 0.0384 e. The number of fused-ring (bicyclic) bond motifs is 4. The van der Waals surface area contributed by atoms with Crippen molar-refractivity contribution in [3.8, 4) is 66.8 Å². The molecule has 0 saturated heterocycles. The van der Waals surface area contributed by atoms with Crippen molar-refractivity contribution in [3.63, 3.8) is 0 Å². The molecule has 0 unspecified atom stereocenters. The second kappa shape index (κ2) is 16.3. The van der Waals surface area contributed by atoms with Gasteiger partial charge in [-0.25, -0.2) is 0 Å². The summed E-state index contributed by atoms with van der Waals surface area (Å²) >= 11 is 0. The van der Waals surface area contributed by atoms with Gasteiger partial charge in [-0.1, -0.05) is 218 Å². The summed E-state index contributed by atoms with van der Waals surface area (Å²) in [6, 6.07) is 92.6. The second-order valence-corrected chi connectivity index (χ2v) is 16.9. The number of anilines is 2. The Morgan fingerprint density at radius 3 is 0.723 bits per heavy atom. The largest absolute Gasteiger partial charge is 0.356 e. The topological polar surface area (TPSA) is 12.0 Å². The zero-order valence-corrected chi connectivity index (χ0v) is 35.7. The highest BCUT2D eigenvalue weighted by atomic mass is 14.9. The van der Waals surface area contributed by atoms with Crippen LogP contribution in [0.3, 0.4) is 0 Å². The van der Waals surface area contributed by atoms with Crippen LogP contribution in [0.25, 0.3) is 110 Å². The van der Waals surface area contributed by atoms with Gasteiger partial charge in [-0.15, -0.1) is 0 Å². The van der Waals surface area contributed by atoms with Crippen LogP contribution in [0.4, 0.5) is 11.4 Å². The van der Waals surface area contributed by atoms with E-state index < -0.39 is 0 Å². The molecule has 1 heteroatoms. The van der Waals surface area contributed by atoms with Gasteiger partial charge in [0.25, 0.3) is 0 Å². The smallest absolute Gasteiger partial charge is 0.0384 e. The van der Waals surface area contributed by atoms with E-state index in [4.69, 9.17) is 0 Å². The lowest BCUT2D eigenvalue weighted by atomic mass is 9.85. The molecule has 0 saturated carbocycles. The van der Waals surface area contributed by atoms with E-state index >= 15 is 0 Å². The fourth-order valence-electron chi connectivity index (χ4n) is 10.0. The third kappa shape index (κ3) is 6.92. The zero-order chi connectivity index (χ0) is 43.1. The highest BCUT2D eigenvalue weighted by Crippen LogP contribution is 2.46. The summed E-state index contributed by atoms with van der Waals surface area (Å²) in [6.45, 7) is 0. The molecule has 0 amide bonds. The maximum absolute atomic E-state index is 3.67. The summed E-state index contributed by atoms with van der Waals surface area (Å²) in [5.74, 6) is 0. The minimum Gasteiger partial charge on any atom is -0.356 e. The Bertz CT molecular complexity index is 3420. The van der Waals surface area contributed by atoms with Crippen LogP contribution in [0.2, 0.25) is 0 Å². The van der Waals surface area contributed by atoms with Crippen molar-refractivity contribution >= 4 is 54.5 Å². The number of hydrogen-bond acceptors (Lipinski definition) is 1. The van der Waals surface area contributed by atoms with Crippen molar-refractivity contribution in [2.75, 3.05) is 5.32 Å². The van der Waals surface area contributed by atoms with Crippen molar-refractivity contribution in [3.05, 3.63) is 255 Å². The van der Waals surface area contributed by atoms with Crippen LogP contribution in [0, 0.1) is 0 Å². The summed E-state index contributed by atoms with van der Waals surface area (Å²) in [5, 5.41) is 13.7. The third-order valence-corrected chi connectivity index (χ3v) is 13.0. The molecule has 12 aromatic carbocycles. The molecule has 0 spiro atoms. The van der Waals surface area contributed by atoms with Gasteiger partial charge in [0.15, 0.2) is 0 Å². The van der Waals surface area contributed by atoms with Gasteiger partial charge in [-0.3, -0.25) is 0 Å². The molecule has 65 heavy (non-hydrogen) atoms. The van der Waals surface area contributed by atoms with Crippen LogP contribution in [0.15, 0.2) is 255 Å². The van der Waals surface area contributed by atoms with E-state index in [0.29, 0.717) is 0 Å². The Morgan fingerprint density at radius 2 is 0.415 bits per heavy atom. The van der Waals surface area contributed by atoms with Gasteiger partial charge in [0.2, 0.25) is 0 Å². The SMILES string of the molecule is c1ccc(-c2c3ccccc3c(-c3ccccc3)c3cc(-c4ccc(Nc5ccc(-c6ccc7c(-c8ccccc8)c8ccccc8c(-c8ccccc8)c7c6)cc5)cc4)ccc23)cc1. The van der Waals surface area contributed by atoms with Gasteiger partial charge in [0.1, 0.15) is 0 Å². The van der Waals surface area contributed by atoms with Crippen molar-refractivity contribution in [1.29, 1.82) is 0 Å². The Morgan fingerprint density at radius 1 is 0.169 bits per heavy atom. The summed E-state index contributed by atoms with van der Waals surface area (Å²) in [4.78, 5) is 0. The first-order valence-electron chi connectivity index (χ1n) is 22.4. The van der Waals surface area contributed by atoms with E-state index in [1.165, 1.54) is 110 Å². The Labute approximate surface area is 379 Å². The van der Waals surface area contributed by atoms with Crippen molar-refractivity contribution < 1.29 is 0 Å². The van der Waals surface area contributed by atoms with Crippen molar-refractivity contribution in [2.45, 2.75) is 0 Å². The molecule has 304 valence electrons. The second-order valence-electron chi connectivity index (χ2n) is 16.9. The summed E-state index contributed by atoms with van der Waals surface area (Å²) in [5.41, 5.74) is 16.8. The monoisotopic (exact) mass is 825 g/mol. The van der Waals surface area contributed by atoms with E-state index in [0.717, 1.165) is 11.4 Å². The van der Waals surface area contributed by atoms with Crippen LogP contribution in [-0.4, -0.2) is 0 Å². The van der Waals surface area contributed by atoms with Crippen molar-refractivity contribution in [2.24, 2.45) is 0 Å². The fourth-order valence-corrected chi connectivity index (χ4v) is 10.0. The molecular formula is C64H43N. The lowest BCUT2D eigenvalue weighted by Crippen LogP contribution is -1.92. The Hall–Kier alpha value is -8.52. The number of rotatable bonds is 8. The van der Waals surface area contributed by atoms with Gasteiger partial charge in [0, 0.05) is 11.4 Å². The Kier molecular flexibility index (Phi) is 9.58. The normalized spacial score (nSPS) is 11.4. The molecule has 0 bridgehead atoms. The molecular weight excluding hydrogens is 783 g/mol. The van der Waals surface area contributed by atoms with Crippen LogP contribution in [-0.2, 0) is 0 Å². The first-order chi connectivity index (χ1) is 32.2. The highest BCUT2D eigenvalue weighted by Gasteiger charge is 2.19. The molecule has 0 radical (unpaired) electrons. The van der Waals surface area contributed by atoms with Crippen LogP contribution < -0.4 is 5.32 Å². The van der Waals surface area contributed by atoms with Crippen LogP contribution >= 0.6 is 0 Å². The van der Waals surface area contributed by atoms with Crippen molar-refractivity contribution in [1.82, 2.24) is 0 Å². The standard InChI is InChI=1S/C64H43N/c1-5-17-45(18-6-1)61-53-25-13-15-27-55(53)63(47-21-9-3-10-22-47)59-41-49(33-39-57(59)61)43-29-35-51(36-30-43)65-52-37-31-44(32-38-52)50-34-40-58-60(42-50)64(48-23-11-4-12-24-48)56-28-16-14-26-54(56)62(58)46-19-7-2-8-20-46/h1-42,65H. The minimum absolute atomic E-state index is 1.04. The molecule has 0 aliphatic rings. The van der Waals surface area contributed by atoms with Gasteiger partial charge in [-0.05, 0) is 146 Å². The molecule has 1 N–H and O–H groups in total. The number of hydrogen-bond donors (Lipinski definition) is 1. The fraction of sp³-hybridized carbons (Fsp3) is 0. The van der Waals surface area contributed by atoms with E-state index in [1.807, 2.05) is 0 Å². The van der Waals surface area contributed by atoms with Gasteiger partial charge < -0.3 is 5.32 Å². The van der Waals surface area contributed by atoms with Crippen LogP contribution in [0.5, 0.6) is 0 Å². The highest BCUT2D eigenvalue weighted by molar-refractivity contribution is 6.23. The molecule has 12 rings (SSSR count). The molecule has 0 aromatic heterocycles. The molecule has 0 fully saturated rings. The molecule has 12 aromatic rings. The summed E-state index contributed by atoms with van der Waals surface area (Å²) < 4.78 is 0. The van der Waals surface area contributed by atoms with E-state index in [1.54, 1.807) is 0 Å².